The molecule has 1 aromatic carbocycles. The van der Waals surface area contributed by atoms with Gasteiger partial charge in [0.15, 0.2) is 0 Å². The third-order valence-electron chi connectivity index (χ3n) is 3.79. The maximum atomic E-state index is 6.37. The Labute approximate surface area is 119 Å². The van der Waals surface area contributed by atoms with Crippen molar-refractivity contribution >= 4 is 23.2 Å². The first-order valence-corrected chi connectivity index (χ1v) is 7.27. The van der Waals surface area contributed by atoms with Crippen LogP contribution in [0.3, 0.4) is 0 Å². The summed E-state index contributed by atoms with van der Waals surface area (Å²) in [4.78, 5) is 2.47. The van der Waals surface area contributed by atoms with Crippen LogP contribution in [0.5, 0.6) is 0 Å². The van der Waals surface area contributed by atoms with E-state index in [1.54, 1.807) is 0 Å². The van der Waals surface area contributed by atoms with E-state index in [1.807, 2.05) is 25.2 Å². The predicted molar refractivity (Wildman–Crippen MR) is 78.5 cm³/mol. The monoisotopic (exact) mass is 286 g/mol. The van der Waals surface area contributed by atoms with E-state index < -0.39 is 0 Å². The molecule has 1 fully saturated rings. The lowest BCUT2D eigenvalue weighted by Crippen LogP contribution is -2.29. The van der Waals surface area contributed by atoms with Gasteiger partial charge in [-0.3, -0.25) is 4.90 Å². The van der Waals surface area contributed by atoms with Gasteiger partial charge in [0, 0.05) is 21.7 Å². The van der Waals surface area contributed by atoms with Crippen molar-refractivity contribution in [1.82, 2.24) is 10.2 Å². The second kappa shape index (κ2) is 6.25. The van der Waals surface area contributed by atoms with E-state index >= 15 is 0 Å². The van der Waals surface area contributed by atoms with Crippen LogP contribution in [-0.2, 0) is 0 Å². The summed E-state index contributed by atoms with van der Waals surface area (Å²) in [6.07, 6.45) is 1.20. The van der Waals surface area contributed by atoms with E-state index in [4.69, 9.17) is 23.2 Å². The standard InChI is InChI=1S/C14H20Cl2N2/c1-3-18-8-7-10(9-17-2)14(18)13-11(15)5-4-6-12(13)16/h4-6,10,14,17H,3,7-9H2,1-2H3. The molecule has 1 heterocycles. The minimum absolute atomic E-state index is 0.337. The quantitative estimate of drug-likeness (QED) is 0.910. The molecule has 2 nitrogen and oxygen atoms in total. The highest BCUT2D eigenvalue weighted by Crippen LogP contribution is 2.42. The van der Waals surface area contributed by atoms with E-state index in [2.05, 4.69) is 17.1 Å². The van der Waals surface area contributed by atoms with Gasteiger partial charge in [0.2, 0.25) is 0 Å². The average Bonchev–Trinajstić information content (AvgIpc) is 2.73. The first-order valence-electron chi connectivity index (χ1n) is 6.51. The highest BCUT2D eigenvalue weighted by Gasteiger charge is 2.36. The zero-order valence-corrected chi connectivity index (χ0v) is 12.4. The van der Waals surface area contributed by atoms with E-state index in [-0.39, 0.29) is 0 Å². The summed E-state index contributed by atoms with van der Waals surface area (Å²) in [5, 5.41) is 4.85. The Balaban J connectivity index is 2.37. The predicted octanol–water partition coefficient (Wildman–Crippen LogP) is 3.60. The van der Waals surface area contributed by atoms with Crippen molar-refractivity contribution in [3.05, 3.63) is 33.8 Å². The zero-order chi connectivity index (χ0) is 13.1. The summed E-state index contributed by atoms with van der Waals surface area (Å²) >= 11 is 12.7. The molecule has 1 N–H and O–H groups in total. The lowest BCUT2D eigenvalue weighted by molar-refractivity contribution is 0.238. The Morgan fingerprint density at radius 2 is 2.00 bits per heavy atom. The van der Waals surface area contributed by atoms with Crippen LogP contribution in [0, 0.1) is 5.92 Å². The molecule has 1 aliphatic heterocycles. The second-order valence-corrected chi connectivity index (χ2v) is 5.63. The fourth-order valence-corrected chi connectivity index (χ4v) is 3.59. The van der Waals surface area contributed by atoms with Crippen LogP contribution in [0.4, 0.5) is 0 Å². The molecule has 4 heteroatoms. The van der Waals surface area contributed by atoms with Crippen molar-refractivity contribution in [3.63, 3.8) is 0 Å². The lowest BCUT2D eigenvalue weighted by Gasteiger charge is -2.29. The van der Waals surface area contributed by atoms with Crippen LogP contribution < -0.4 is 5.32 Å². The van der Waals surface area contributed by atoms with Gasteiger partial charge in [-0.25, -0.2) is 0 Å². The van der Waals surface area contributed by atoms with Crippen LogP contribution in [0.25, 0.3) is 0 Å². The number of likely N-dealkylation sites (tertiary alicyclic amines) is 1. The molecular formula is C14H20Cl2N2. The molecule has 0 spiro atoms. The summed E-state index contributed by atoms with van der Waals surface area (Å²) in [5.74, 6) is 0.576. The van der Waals surface area contributed by atoms with Gasteiger partial charge < -0.3 is 5.32 Å². The molecule has 0 aliphatic carbocycles. The lowest BCUT2D eigenvalue weighted by atomic mass is 9.93. The molecule has 18 heavy (non-hydrogen) atoms. The van der Waals surface area contributed by atoms with Crippen LogP contribution >= 0.6 is 23.2 Å². The Bertz CT molecular complexity index is 389. The number of benzene rings is 1. The zero-order valence-electron chi connectivity index (χ0n) is 10.9. The van der Waals surface area contributed by atoms with Gasteiger partial charge in [-0.05, 0) is 51.2 Å². The molecule has 1 aromatic rings. The van der Waals surface area contributed by atoms with Crippen molar-refractivity contribution in [2.45, 2.75) is 19.4 Å². The fourth-order valence-electron chi connectivity index (χ4n) is 2.97. The molecule has 0 amide bonds. The van der Waals surface area contributed by atoms with Gasteiger partial charge >= 0.3 is 0 Å². The number of halogens is 2. The van der Waals surface area contributed by atoms with Gasteiger partial charge in [0.25, 0.3) is 0 Å². The summed E-state index contributed by atoms with van der Waals surface area (Å²) in [6.45, 7) is 5.35. The Morgan fingerprint density at radius 1 is 1.33 bits per heavy atom. The van der Waals surface area contributed by atoms with E-state index in [0.717, 1.165) is 35.2 Å². The SMILES string of the molecule is CCN1CCC(CNC)C1c1c(Cl)cccc1Cl. The Hall–Kier alpha value is -0.280. The smallest absolute Gasteiger partial charge is 0.0468 e. The first kappa shape index (κ1) is 14.1. The van der Waals surface area contributed by atoms with Gasteiger partial charge in [-0.1, -0.05) is 36.2 Å². The van der Waals surface area contributed by atoms with Crippen molar-refractivity contribution in [3.8, 4) is 0 Å². The molecule has 2 unspecified atom stereocenters. The summed E-state index contributed by atoms with van der Waals surface area (Å²) in [7, 11) is 2.00. The molecule has 2 rings (SSSR count). The summed E-state index contributed by atoms with van der Waals surface area (Å²) in [5.41, 5.74) is 1.10. The van der Waals surface area contributed by atoms with Crippen LogP contribution in [0.2, 0.25) is 10.0 Å². The maximum Gasteiger partial charge on any atom is 0.0468 e. The molecule has 0 saturated carbocycles. The summed E-state index contributed by atoms with van der Waals surface area (Å²) in [6, 6.07) is 6.12. The highest BCUT2D eigenvalue weighted by molar-refractivity contribution is 6.36. The van der Waals surface area contributed by atoms with E-state index in [0.29, 0.717) is 12.0 Å². The van der Waals surface area contributed by atoms with E-state index in [1.165, 1.54) is 6.42 Å². The normalized spacial score (nSPS) is 24.7. The molecule has 0 bridgehead atoms. The van der Waals surface area contributed by atoms with Gasteiger partial charge in [0.05, 0.1) is 0 Å². The largest absolute Gasteiger partial charge is 0.319 e. The molecule has 0 aromatic heterocycles. The minimum Gasteiger partial charge on any atom is -0.319 e. The molecule has 0 radical (unpaired) electrons. The Morgan fingerprint density at radius 3 is 2.56 bits per heavy atom. The average molecular weight is 287 g/mol. The van der Waals surface area contributed by atoms with Crippen LogP contribution in [0.1, 0.15) is 24.9 Å². The minimum atomic E-state index is 0.337. The van der Waals surface area contributed by atoms with Gasteiger partial charge in [0.1, 0.15) is 0 Å². The van der Waals surface area contributed by atoms with Gasteiger partial charge in [-0.15, -0.1) is 0 Å². The topological polar surface area (TPSA) is 15.3 Å². The number of rotatable bonds is 4. The van der Waals surface area contributed by atoms with Crippen LogP contribution in [0.15, 0.2) is 18.2 Å². The number of hydrogen-bond donors (Lipinski definition) is 1. The van der Waals surface area contributed by atoms with E-state index in [9.17, 15) is 0 Å². The number of nitrogens with zero attached hydrogens (tertiary/aromatic N) is 1. The third kappa shape index (κ3) is 2.67. The molecule has 2 atom stereocenters. The van der Waals surface area contributed by atoms with Crippen molar-refractivity contribution in [2.24, 2.45) is 5.92 Å². The first-order chi connectivity index (χ1) is 8.69. The van der Waals surface area contributed by atoms with Crippen molar-refractivity contribution in [2.75, 3.05) is 26.7 Å². The Kier molecular flexibility index (Phi) is 4.91. The number of nitrogens with one attached hydrogen (secondary N) is 1. The third-order valence-corrected chi connectivity index (χ3v) is 4.45. The van der Waals surface area contributed by atoms with Gasteiger partial charge in [-0.2, -0.15) is 0 Å². The molecule has 1 aliphatic rings. The second-order valence-electron chi connectivity index (χ2n) is 4.82. The fraction of sp³-hybridized carbons (Fsp3) is 0.571. The molecule has 1 saturated heterocycles. The van der Waals surface area contributed by atoms with Crippen LogP contribution in [-0.4, -0.2) is 31.6 Å². The maximum absolute atomic E-state index is 6.37. The summed E-state index contributed by atoms with van der Waals surface area (Å²) < 4.78 is 0. The van der Waals surface area contributed by atoms with Crippen molar-refractivity contribution in [1.29, 1.82) is 0 Å². The molecule has 100 valence electrons. The number of hydrogen-bond acceptors (Lipinski definition) is 2. The highest BCUT2D eigenvalue weighted by atomic mass is 35.5. The molecular weight excluding hydrogens is 267 g/mol. The van der Waals surface area contributed by atoms with Crippen molar-refractivity contribution < 1.29 is 0 Å².